The van der Waals surface area contributed by atoms with Crippen LogP contribution in [0.2, 0.25) is 0 Å². The Morgan fingerprint density at radius 2 is 1.48 bits per heavy atom. The first-order valence-corrected chi connectivity index (χ1v) is 10.5. The van der Waals surface area contributed by atoms with E-state index < -0.39 is 28.3 Å². The fourth-order valence-electron chi connectivity index (χ4n) is 2.92. The molecular weight excluding hydrogens is 391 g/mol. The summed E-state index contributed by atoms with van der Waals surface area (Å²) in [5, 5.41) is 2.77. The summed E-state index contributed by atoms with van der Waals surface area (Å²) < 4.78 is 41.5. The third kappa shape index (κ3) is 4.81. The molecule has 0 aromatic heterocycles. The van der Waals surface area contributed by atoms with Gasteiger partial charge in [0.1, 0.15) is 12.4 Å². The van der Waals surface area contributed by atoms with Crippen LogP contribution in [0.4, 0.5) is 10.1 Å². The maximum absolute atomic E-state index is 14.4. The summed E-state index contributed by atoms with van der Waals surface area (Å²) in [5.41, 5.74) is 0.697. The number of nitrogens with zero attached hydrogens (tertiary/aromatic N) is 1. The van der Waals surface area contributed by atoms with Crippen LogP contribution in [0.15, 0.2) is 89.8 Å². The molecule has 150 valence electrons. The smallest absolute Gasteiger partial charge is 0.264 e. The van der Waals surface area contributed by atoms with Crippen LogP contribution in [0.3, 0.4) is 0 Å². The molecule has 1 amide bonds. The number of benzene rings is 3. The van der Waals surface area contributed by atoms with Crippen LogP contribution >= 0.6 is 0 Å². The minimum atomic E-state index is -4.14. The monoisotopic (exact) mass is 412 g/mol. The Labute approximate surface area is 169 Å². The van der Waals surface area contributed by atoms with Gasteiger partial charge in [-0.3, -0.25) is 9.10 Å². The maximum atomic E-state index is 14.4. The number of nitrogens with one attached hydrogen (secondary N) is 1. The number of halogens is 1. The molecule has 0 heterocycles. The van der Waals surface area contributed by atoms with Crippen molar-refractivity contribution in [3.8, 4) is 0 Å². The van der Waals surface area contributed by atoms with Crippen LogP contribution in [0.1, 0.15) is 18.5 Å². The first kappa shape index (κ1) is 20.5. The van der Waals surface area contributed by atoms with Crippen LogP contribution < -0.4 is 9.62 Å². The fraction of sp³-hybridized carbons (Fsp3) is 0.136. The normalized spacial score (nSPS) is 12.2. The number of anilines is 1. The third-order valence-electron chi connectivity index (χ3n) is 4.42. The minimum Gasteiger partial charge on any atom is -0.348 e. The lowest BCUT2D eigenvalue weighted by molar-refractivity contribution is -0.120. The Balaban J connectivity index is 1.90. The lowest BCUT2D eigenvalue weighted by Gasteiger charge is -2.25. The molecule has 0 unspecified atom stereocenters. The van der Waals surface area contributed by atoms with Crippen molar-refractivity contribution in [2.24, 2.45) is 0 Å². The van der Waals surface area contributed by atoms with E-state index in [9.17, 15) is 17.6 Å². The molecule has 0 bridgehead atoms. The van der Waals surface area contributed by atoms with Crippen LogP contribution in [0.5, 0.6) is 0 Å². The van der Waals surface area contributed by atoms with Crippen molar-refractivity contribution >= 4 is 21.6 Å². The molecule has 1 N–H and O–H groups in total. The first-order valence-electron chi connectivity index (χ1n) is 9.06. The first-order chi connectivity index (χ1) is 13.9. The number of carbonyl (C=O) groups excluding carboxylic acids is 1. The van der Waals surface area contributed by atoms with Gasteiger partial charge in [0.25, 0.3) is 10.0 Å². The van der Waals surface area contributed by atoms with Crippen LogP contribution in [0.25, 0.3) is 0 Å². The Bertz CT molecular complexity index is 1070. The summed E-state index contributed by atoms with van der Waals surface area (Å²) in [6.07, 6.45) is 0. The number of carbonyl (C=O) groups is 1. The van der Waals surface area contributed by atoms with E-state index in [0.717, 1.165) is 15.9 Å². The zero-order valence-corrected chi connectivity index (χ0v) is 16.6. The molecule has 3 rings (SSSR count). The molecule has 0 aliphatic carbocycles. The van der Waals surface area contributed by atoms with E-state index in [1.54, 1.807) is 25.1 Å². The Morgan fingerprint density at radius 3 is 2.10 bits per heavy atom. The van der Waals surface area contributed by atoms with Crippen molar-refractivity contribution < 1.29 is 17.6 Å². The van der Waals surface area contributed by atoms with Crippen molar-refractivity contribution in [1.29, 1.82) is 0 Å². The minimum absolute atomic E-state index is 0.0211. The van der Waals surface area contributed by atoms with Crippen LogP contribution in [0, 0.1) is 5.82 Å². The second-order valence-electron chi connectivity index (χ2n) is 6.48. The number of rotatable bonds is 7. The van der Waals surface area contributed by atoms with Gasteiger partial charge in [0.05, 0.1) is 16.6 Å². The van der Waals surface area contributed by atoms with Crippen LogP contribution in [-0.2, 0) is 14.8 Å². The molecule has 1 atom stereocenters. The van der Waals surface area contributed by atoms with Gasteiger partial charge in [-0.05, 0) is 36.8 Å². The molecule has 29 heavy (non-hydrogen) atoms. The molecule has 3 aromatic rings. The summed E-state index contributed by atoms with van der Waals surface area (Å²) in [5.74, 6) is -1.26. The van der Waals surface area contributed by atoms with Crippen molar-refractivity contribution in [2.75, 3.05) is 10.8 Å². The highest BCUT2D eigenvalue weighted by molar-refractivity contribution is 7.92. The van der Waals surface area contributed by atoms with Crippen molar-refractivity contribution in [3.05, 3.63) is 96.3 Å². The van der Waals surface area contributed by atoms with E-state index in [2.05, 4.69) is 5.32 Å². The third-order valence-corrected chi connectivity index (χ3v) is 6.19. The average Bonchev–Trinajstić information content (AvgIpc) is 2.74. The lowest BCUT2D eigenvalue weighted by atomic mass is 10.1. The highest BCUT2D eigenvalue weighted by Crippen LogP contribution is 2.26. The Hall–Kier alpha value is -3.19. The van der Waals surface area contributed by atoms with Gasteiger partial charge in [-0.1, -0.05) is 60.7 Å². The van der Waals surface area contributed by atoms with E-state index in [4.69, 9.17) is 0 Å². The van der Waals surface area contributed by atoms with Gasteiger partial charge in [0, 0.05) is 0 Å². The number of sulfonamides is 1. The van der Waals surface area contributed by atoms with Crippen molar-refractivity contribution in [1.82, 2.24) is 5.32 Å². The fourth-order valence-corrected chi connectivity index (χ4v) is 4.37. The van der Waals surface area contributed by atoms with Gasteiger partial charge < -0.3 is 5.32 Å². The topological polar surface area (TPSA) is 66.5 Å². The van der Waals surface area contributed by atoms with E-state index >= 15 is 0 Å². The molecule has 0 saturated carbocycles. The molecule has 5 nitrogen and oxygen atoms in total. The maximum Gasteiger partial charge on any atom is 0.264 e. The number of amides is 1. The van der Waals surface area contributed by atoms with Crippen molar-refractivity contribution in [2.45, 2.75) is 17.9 Å². The summed E-state index contributed by atoms with van der Waals surface area (Å²) >= 11 is 0. The molecule has 3 aromatic carbocycles. The predicted molar refractivity (Wildman–Crippen MR) is 110 cm³/mol. The molecule has 0 saturated heterocycles. The van der Waals surface area contributed by atoms with Gasteiger partial charge in [-0.2, -0.15) is 0 Å². The van der Waals surface area contributed by atoms with E-state index in [1.807, 2.05) is 30.3 Å². The molecule has 0 spiro atoms. The largest absolute Gasteiger partial charge is 0.348 e. The van der Waals surface area contributed by atoms with E-state index in [0.29, 0.717) is 0 Å². The quantitative estimate of drug-likeness (QED) is 0.640. The highest BCUT2D eigenvalue weighted by atomic mass is 32.2. The second-order valence-corrected chi connectivity index (χ2v) is 8.34. The summed E-state index contributed by atoms with van der Waals surface area (Å²) in [4.78, 5) is 12.6. The Kier molecular flexibility index (Phi) is 6.29. The van der Waals surface area contributed by atoms with Crippen molar-refractivity contribution in [3.63, 3.8) is 0 Å². The molecule has 0 fully saturated rings. The van der Waals surface area contributed by atoms with Gasteiger partial charge in [0.15, 0.2) is 0 Å². The van der Waals surface area contributed by atoms with Gasteiger partial charge in [-0.25, -0.2) is 12.8 Å². The number of hydrogen-bond acceptors (Lipinski definition) is 3. The standard InChI is InChI=1S/C22H21FN2O3S/c1-17(18-10-4-2-5-11-18)24-22(26)16-25(21-15-9-8-14-20(21)23)29(27,28)19-12-6-3-7-13-19/h2-15,17H,16H2,1H3,(H,24,26)/t17-/m0/s1. The molecular formula is C22H21FN2O3S. The zero-order valence-electron chi connectivity index (χ0n) is 15.8. The highest BCUT2D eigenvalue weighted by Gasteiger charge is 2.29. The van der Waals surface area contributed by atoms with Gasteiger partial charge >= 0.3 is 0 Å². The molecule has 7 heteroatoms. The molecule has 0 radical (unpaired) electrons. The molecule has 0 aliphatic rings. The number of para-hydroxylation sites is 1. The molecule has 0 aliphatic heterocycles. The van der Waals surface area contributed by atoms with Crippen LogP contribution in [-0.4, -0.2) is 20.9 Å². The Morgan fingerprint density at radius 1 is 0.931 bits per heavy atom. The average molecular weight is 412 g/mol. The zero-order chi connectivity index (χ0) is 20.9. The summed E-state index contributed by atoms with van der Waals surface area (Å²) in [6.45, 7) is 1.25. The predicted octanol–water partition coefficient (Wildman–Crippen LogP) is 3.90. The second kappa shape index (κ2) is 8.87. The van der Waals surface area contributed by atoms with Gasteiger partial charge in [-0.15, -0.1) is 0 Å². The summed E-state index contributed by atoms with van der Waals surface area (Å²) in [7, 11) is -4.14. The SMILES string of the molecule is C[C@H](NC(=O)CN(c1ccccc1F)S(=O)(=O)c1ccccc1)c1ccccc1. The van der Waals surface area contributed by atoms with E-state index in [1.165, 1.54) is 30.3 Å². The lowest BCUT2D eigenvalue weighted by Crippen LogP contribution is -2.42. The van der Waals surface area contributed by atoms with E-state index in [-0.39, 0.29) is 16.6 Å². The summed E-state index contributed by atoms with van der Waals surface area (Å²) in [6, 6.07) is 22.1. The number of hydrogen-bond donors (Lipinski definition) is 1. The van der Waals surface area contributed by atoms with Gasteiger partial charge in [0.2, 0.25) is 5.91 Å².